The molecule has 0 unspecified atom stereocenters. The summed E-state index contributed by atoms with van der Waals surface area (Å²) < 4.78 is 11.0. The molecule has 1 aromatic rings. The molecule has 0 aliphatic heterocycles. The van der Waals surface area contributed by atoms with E-state index in [2.05, 4.69) is 0 Å². The smallest absolute Gasteiger partial charge is 0.125 e. The van der Waals surface area contributed by atoms with E-state index in [1.807, 2.05) is 13.8 Å². The fraction of sp³-hybridized carbons (Fsp3) is 0.500. The average Bonchev–Trinajstić information content (AvgIpc) is 2.16. The maximum absolute atomic E-state index is 8.64. The van der Waals surface area contributed by atoms with Crippen molar-refractivity contribution in [3.63, 3.8) is 0 Å². The van der Waals surface area contributed by atoms with Gasteiger partial charge in [0, 0.05) is 36.9 Å². The first kappa shape index (κ1) is 12.6. The average molecular weight is 225 g/mol. The topological polar surface area (TPSA) is 64.7 Å². The lowest BCUT2D eigenvalue weighted by molar-refractivity contribution is 0.228. The van der Waals surface area contributed by atoms with E-state index in [0.29, 0.717) is 30.2 Å². The monoisotopic (exact) mass is 225 g/mol. The van der Waals surface area contributed by atoms with E-state index in [9.17, 15) is 0 Å². The molecular weight excluding hydrogens is 206 g/mol. The first-order valence-corrected chi connectivity index (χ1v) is 5.42. The molecule has 90 valence electrons. The van der Waals surface area contributed by atoms with Crippen LogP contribution in [0.15, 0.2) is 18.2 Å². The van der Waals surface area contributed by atoms with E-state index in [0.717, 1.165) is 0 Å². The molecule has 0 spiro atoms. The molecule has 0 aromatic heterocycles. The molecule has 0 aliphatic rings. The van der Waals surface area contributed by atoms with Crippen molar-refractivity contribution in [3.8, 4) is 11.5 Å². The Hall–Kier alpha value is -1.42. The number of anilines is 1. The van der Waals surface area contributed by atoms with Crippen LogP contribution >= 0.6 is 0 Å². The van der Waals surface area contributed by atoms with E-state index in [1.54, 1.807) is 18.2 Å². The molecule has 0 amide bonds. The van der Waals surface area contributed by atoms with Crippen molar-refractivity contribution in [2.75, 3.05) is 18.9 Å². The minimum absolute atomic E-state index is 0.104. The molecule has 3 N–H and O–H groups in total. The molecule has 0 aliphatic carbocycles. The lowest BCUT2D eigenvalue weighted by Gasteiger charge is -2.12. The van der Waals surface area contributed by atoms with Gasteiger partial charge in [0.15, 0.2) is 0 Å². The zero-order valence-corrected chi connectivity index (χ0v) is 9.77. The minimum atomic E-state index is 0.104. The number of rotatable bonds is 6. The van der Waals surface area contributed by atoms with Crippen LogP contribution < -0.4 is 15.2 Å². The third-order valence-electron chi connectivity index (χ3n) is 1.85. The molecule has 1 aromatic carbocycles. The summed E-state index contributed by atoms with van der Waals surface area (Å²) in [5, 5.41) is 8.64. The Kier molecular flexibility index (Phi) is 4.92. The molecule has 1 rings (SSSR count). The third kappa shape index (κ3) is 4.40. The van der Waals surface area contributed by atoms with Crippen molar-refractivity contribution in [3.05, 3.63) is 18.2 Å². The van der Waals surface area contributed by atoms with Crippen LogP contribution in [-0.4, -0.2) is 24.4 Å². The van der Waals surface area contributed by atoms with Gasteiger partial charge < -0.3 is 20.3 Å². The van der Waals surface area contributed by atoms with E-state index in [1.165, 1.54) is 0 Å². The van der Waals surface area contributed by atoms with Gasteiger partial charge in [-0.25, -0.2) is 0 Å². The van der Waals surface area contributed by atoms with Crippen molar-refractivity contribution in [2.24, 2.45) is 0 Å². The number of nitrogen functional groups attached to an aromatic ring is 1. The summed E-state index contributed by atoms with van der Waals surface area (Å²) in [6.45, 7) is 4.50. The number of ether oxygens (including phenoxy) is 2. The van der Waals surface area contributed by atoms with Gasteiger partial charge in [0.2, 0.25) is 0 Å². The fourth-order valence-electron chi connectivity index (χ4n) is 1.27. The summed E-state index contributed by atoms with van der Waals surface area (Å²) in [5.74, 6) is 1.37. The van der Waals surface area contributed by atoms with Gasteiger partial charge in [-0.15, -0.1) is 0 Å². The van der Waals surface area contributed by atoms with Gasteiger partial charge in [-0.3, -0.25) is 0 Å². The van der Waals surface area contributed by atoms with Gasteiger partial charge in [0.25, 0.3) is 0 Å². The van der Waals surface area contributed by atoms with Crippen molar-refractivity contribution in [2.45, 2.75) is 26.4 Å². The first-order valence-electron chi connectivity index (χ1n) is 5.42. The molecule has 0 saturated carbocycles. The van der Waals surface area contributed by atoms with Crippen LogP contribution in [0.5, 0.6) is 11.5 Å². The van der Waals surface area contributed by atoms with E-state index >= 15 is 0 Å². The second-order valence-corrected chi connectivity index (χ2v) is 3.83. The van der Waals surface area contributed by atoms with Gasteiger partial charge in [-0.2, -0.15) is 0 Å². The summed E-state index contributed by atoms with van der Waals surface area (Å²) >= 11 is 0. The molecule has 0 radical (unpaired) electrons. The van der Waals surface area contributed by atoms with Crippen molar-refractivity contribution in [1.29, 1.82) is 0 Å². The van der Waals surface area contributed by atoms with Gasteiger partial charge in [0.05, 0.1) is 12.7 Å². The molecule has 0 heterocycles. The quantitative estimate of drug-likeness (QED) is 0.572. The maximum atomic E-state index is 8.64. The molecule has 4 nitrogen and oxygen atoms in total. The van der Waals surface area contributed by atoms with Crippen molar-refractivity contribution >= 4 is 5.69 Å². The van der Waals surface area contributed by atoms with Gasteiger partial charge in [-0.05, 0) is 13.8 Å². The van der Waals surface area contributed by atoms with E-state index in [4.69, 9.17) is 20.3 Å². The predicted molar refractivity (Wildman–Crippen MR) is 63.8 cm³/mol. The summed E-state index contributed by atoms with van der Waals surface area (Å²) in [6, 6.07) is 5.30. The summed E-state index contributed by atoms with van der Waals surface area (Å²) in [6.07, 6.45) is 0.710. The molecule has 16 heavy (non-hydrogen) atoms. The Morgan fingerprint density at radius 2 is 1.94 bits per heavy atom. The normalized spacial score (nSPS) is 10.5. The molecule has 0 fully saturated rings. The zero-order chi connectivity index (χ0) is 12.0. The fourth-order valence-corrected chi connectivity index (χ4v) is 1.27. The van der Waals surface area contributed by atoms with Crippen molar-refractivity contribution in [1.82, 2.24) is 0 Å². The summed E-state index contributed by atoms with van der Waals surface area (Å²) in [4.78, 5) is 0. The Morgan fingerprint density at radius 3 is 2.56 bits per heavy atom. The van der Waals surface area contributed by atoms with E-state index < -0.39 is 0 Å². The standard InChI is InChI=1S/C12H19NO3/c1-9(2)16-12-7-10(13)6-11(8-12)15-5-3-4-14/h6-9,14H,3-5,13H2,1-2H3. The maximum Gasteiger partial charge on any atom is 0.125 e. The largest absolute Gasteiger partial charge is 0.493 e. The lowest BCUT2D eigenvalue weighted by atomic mass is 10.3. The Morgan fingerprint density at radius 1 is 1.25 bits per heavy atom. The second kappa shape index (κ2) is 6.23. The van der Waals surface area contributed by atoms with E-state index in [-0.39, 0.29) is 12.7 Å². The number of hydrogen-bond donors (Lipinski definition) is 2. The molecule has 0 atom stereocenters. The van der Waals surface area contributed by atoms with Crippen LogP contribution in [0.3, 0.4) is 0 Å². The lowest BCUT2D eigenvalue weighted by Crippen LogP contribution is -2.06. The van der Waals surface area contributed by atoms with Gasteiger partial charge in [0.1, 0.15) is 11.5 Å². The molecule has 0 bridgehead atoms. The van der Waals surface area contributed by atoms with Gasteiger partial charge >= 0.3 is 0 Å². The van der Waals surface area contributed by atoms with Gasteiger partial charge in [-0.1, -0.05) is 0 Å². The molecule has 4 heteroatoms. The van der Waals surface area contributed by atoms with Crippen molar-refractivity contribution < 1.29 is 14.6 Å². The Balaban J connectivity index is 2.65. The minimum Gasteiger partial charge on any atom is -0.493 e. The number of benzene rings is 1. The predicted octanol–water partition coefficient (Wildman–Crippen LogP) is 1.82. The summed E-state index contributed by atoms with van der Waals surface area (Å²) in [5.41, 5.74) is 6.34. The zero-order valence-electron chi connectivity index (χ0n) is 9.77. The Labute approximate surface area is 96.0 Å². The number of aliphatic hydroxyl groups excluding tert-OH is 1. The molecular formula is C12H19NO3. The van der Waals surface area contributed by atoms with Crippen LogP contribution in [-0.2, 0) is 0 Å². The van der Waals surface area contributed by atoms with Crippen LogP contribution in [0.1, 0.15) is 20.3 Å². The van der Waals surface area contributed by atoms with Crippen LogP contribution in [0.25, 0.3) is 0 Å². The highest BCUT2D eigenvalue weighted by Crippen LogP contribution is 2.25. The Bertz CT molecular complexity index is 326. The molecule has 0 saturated heterocycles. The third-order valence-corrected chi connectivity index (χ3v) is 1.85. The highest BCUT2D eigenvalue weighted by atomic mass is 16.5. The number of aliphatic hydroxyl groups is 1. The number of hydrogen-bond acceptors (Lipinski definition) is 4. The first-order chi connectivity index (χ1) is 7.61. The number of nitrogens with two attached hydrogens (primary N) is 1. The summed E-state index contributed by atoms with van der Waals surface area (Å²) in [7, 11) is 0. The SMILES string of the molecule is CC(C)Oc1cc(N)cc(OCCCO)c1. The highest BCUT2D eigenvalue weighted by Gasteiger charge is 2.03. The van der Waals surface area contributed by atoms with Crippen LogP contribution in [0.2, 0.25) is 0 Å². The second-order valence-electron chi connectivity index (χ2n) is 3.83. The van der Waals surface area contributed by atoms with Crippen LogP contribution in [0.4, 0.5) is 5.69 Å². The van der Waals surface area contributed by atoms with Crippen LogP contribution in [0, 0.1) is 0 Å². The highest BCUT2D eigenvalue weighted by molar-refractivity contribution is 5.50.